The van der Waals surface area contributed by atoms with E-state index in [1.54, 1.807) is 0 Å². The molecule has 0 fully saturated rings. The van der Waals surface area contributed by atoms with Gasteiger partial charge in [-0.3, -0.25) is 0 Å². The summed E-state index contributed by atoms with van der Waals surface area (Å²) in [5.41, 5.74) is 16.6. The van der Waals surface area contributed by atoms with Crippen LogP contribution in [-0.2, 0) is 10.8 Å². The molecule has 0 N–H and O–H groups in total. The molecular weight excluding hydrogens is 805 g/mol. The maximum Gasteiger partial charge on any atom is 0.160 e. The lowest BCUT2D eigenvalue weighted by molar-refractivity contribution is 0.590. The Hall–Kier alpha value is -7.82. The first kappa shape index (κ1) is 40.9. The van der Waals surface area contributed by atoms with E-state index in [9.17, 15) is 0 Å². The van der Waals surface area contributed by atoms with Crippen molar-refractivity contribution >= 4 is 78.0 Å². The third-order valence-corrected chi connectivity index (χ3v) is 13.0. The van der Waals surface area contributed by atoms with Gasteiger partial charge in [0.2, 0.25) is 0 Å². The van der Waals surface area contributed by atoms with Gasteiger partial charge in [-0.15, -0.1) is 0 Å². The number of benzene rings is 9. The lowest BCUT2D eigenvalue weighted by atomic mass is 9.87. The van der Waals surface area contributed by atoms with E-state index in [1.165, 1.54) is 27.8 Å². The molecule has 0 aliphatic rings. The summed E-state index contributed by atoms with van der Waals surface area (Å²) in [6.07, 6.45) is 0. The van der Waals surface area contributed by atoms with Crippen molar-refractivity contribution < 1.29 is 8.83 Å². The van der Waals surface area contributed by atoms with E-state index in [0.717, 1.165) is 83.6 Å². The summed E-state index contributed by atoms with van der Waals surface area (Å²) in [6, 6.07) is 73.8. The molecule has 9 aromatic carbocycles. The molecule has 0 amide bonds. The minimum Gasteiger partial charge on any atom is -0.456 e. The fourth-order valence-electron chi connectivity index (χ4n) is 9.40. The Labute approximate surface area is 387 Å². The number of hydrogen-bond donors (Lipinski definition) is 0. The van der Waals surface area contributed by atoms with Crippen LogP contribution in [0.3, 0.4) is 0 Å². The highest BCUT2D eigenvalue weighted by atomic mass is 16.3. The third-order valence-electron chi connectivity index (χ3n) is 13.0. The molecule has 0 saturated carbocycles. The van der Waals surface area contributed by atoms with Crippen LogP contribution in [0.5, 0.6) is 0 Å². The molecule has 0 aliphatic heterocycles. The third kappa shape index (κ3) is 7.39. The van der Waals surface area contributed by atoms with Crippen LogP contribution in [0, 0.1) is 0 Å². The average Bonchev–Trinajstić information content (AvgIpc) is 3.91. The summed E-state index contributed by atoms with van der Waals surface area (Å²) in [5, 5.41) is 4.16. The van der Waals surface area contributed by atoms with Crippen molar-refractivity contribution in [1.29, 1.82) is 0 Å². The van der Waals surface area contributed by atoms with Gasteiger partial charge >= 0.3 is 0 Å². The molecule has 0 bridgehead atoms. The maximum atomic E-state index is 7.09. The Kier molecular flexibility index (Phi) is 9.92. The van der Waals surface area contributed by atoms with Crippen LogP contribution in [0.15, 0.2) is 215 Å². The minimum atomic E-state index is 0.00973. The van der Waals surface area contributed by atoms with E-state index >= 15 is 0 Å². The van der Waals surface area contributed by atoms with Gasteiger partial charge in [0.25, 0.3) is 0 Å². The van der Waals surface area contributed by atoms with Gasteiger partial charge < -0.3 is 18.6 Å². The van der Waals surface area contributed by atoms with Crippen molar-refractivity contribution in [2.24, 2.45) is 0 Å². The van der Waals surface area contributed by atoms with Gasteiger partial charge in [0.15, 0.2) is 5.58 Å². The number of para-hydroxylation sites is 1. The Morgan fingerprint density at radius 1 is 0.318 bits per heavy atom. The van der Waals surface area contributed by atoms with E-state index < -0.39 is 0 Å². The molecule has 0 radical (unpaired) electrons. The first-order valence-electron chi connectivity index (χ1n) is 22.9. The van der Waals surface area contributed by atoms with Gasteiger partial charge in [0.1, 0.15) is 16.7 Å². The number of nitrogens with zero attached hydrogens (tertiary/aromatic N) is 2. The molecule has 0 saturated heterocycles. The second-order valence-electron chi connectivity index (χ2n) is 19.4. The van der Waals surface area contributed by atoms with Gasteiger partial charge in [-0.25, -0.2) is 0 Å². The molecule has 66 heavy (non-hydrogen) atoms. The molecule has 4 heteroatoms. The second kappa shape index (κ2) is 16.0. The lowest BCUT2D eigenvalue weighted by Crippen LogP contribution is -2.13. The predicted molar refractivity (Wildman–Crippen MR) is 279 cm³/mol. The van der Waals surface area contributed by atoms with Gasteiger partial charge in [-0.1, -0.05) is 169 Å². The highest BCUT2D eigenvalue weighted by Crippen LogP contribution is 2.49. The number of hydrogen-bond acceptors (Lipinski definition) is 4. The average molecular weight is 857 g/mol. The topological polar surface area (TPSA) is 32.8 Å². The van der Waals surface area contributed by atoms with Crippen LogP contribution in [-0.4, -0.2) is 0 Å². The van der Waals surface area contributed by atoms with Crippen molar-refractivity contribution in [1.82, 2.24) is 0 Å². The monoisotopic (exact) mass is 856 g/mol. The maximum absolute atomic E-state index is 7.09. The van der Waals surface area contributed by atoms with Gasteiger partial charge in [0, 0.05) is 62.1 Å². The first-order chi connectivity index (χ1) is 32.0. The van der Waals surface area contributed by atoms with E-state index in [-0.39, 0.29) is 10.8 Å². The summed E-state index contributed by atoms with van der Waals surface area (Å²) in [6.45, 7) is 13.5. The number of fused-ring (bicyclic) bond motifs is 7. The van der Waals surface area contributed by atoms with Crippen molar-refractivity contribution in [3.63, 3.8) is 0 Å². The smallest absolute Gasteiger partial charge is 0.160 e. The van der Waals surface area contributed by atoms with E-state index in [1.807, 2.05) is 6.07 Å². The summed E-state index contributed by atoms with van der Waals surface area (Å²) >= 11 is 0. The molecule has 11 rings (SSSR count). The number of furan rings is 2. The summed E-state index contributed by atoms with van der Waals surface area (Å²) in [7, 11) is 0. The predicted octanol–water partition coefficient (Wildman–Crippen LogP) is 18.4. The van der Waals surface area contributed by atoms with E-state index in [4.69, 9.17) is 8.83 Å². The molecule has 0 atom stereocenters. The quantitative estimate of drug-likeness (QED) is 0.152. The van der Waals surface area contributed by atoms with Gasteiger partial charge in [-0.2, -0.15) is 0 Å². The van der Waals surface area contributed by atoms with Crippen LogP contribution in [0.1, 0.15) is 52.7 Å². The van der Waals surface area contributed by atoms with E-state index in [0.29, 0.717) is 0 Å². The number of rotatable bonds is 8. The Morgan fingerprint density at radius 2 is 0.742 bits per heavy atom. The Bertz CT molecular complexity index is 3500. The molecule has 2 heterocycles. The zero-order chi connectivity index (χ0) is 45.2. The summed E-state index contributed by atoms with van der Waals surface area (Å²) in [4.78, 5) is 4.64. The molecule has 11 aromatic rings. The van der Waals surface area contributed by atoms with Crippen LogP contribution in [0.2, 0.25) is 0 Å². The molecule has 0 aliphatic carbocycles. The summed E-state index contributed by atoms with van der Waals surface area (Å²) in [5.74, 6) is 0. The first-order valence-corrected chi connectivity index (χ1v) is 22.9. The summed E-state index contributed by atoms with van der Waals surface area (Å²) < 4.78 is 14.1. The molecule has 4 nitrogen and oxygen atoms in total. The van der Waals surface area contributed by atoms with Crippen molar-refractivity contribution in [2.75, 3.05) is 9.80 Å². The van der Waals surface area contributed by atoms with Crippen molar-refractivity contribution in [3.8, 4) is 22.3 Å². The van der Waals surface area contributed by atoms with Gasteiger partial charge in [-0.05, 0) is 111 Å². The van der Waals surface area contributed by atoms with Crippen molar-refractivity contribution in [2.45, 2.75) is 52.4 Å². The Morgan fingerprint density at radius 3 is 1.26 bits per heavy atom. The Balaban J connectivity index is 1.11. The van der Waals surface area contributed by atoms with Gasteiger partial charge in [0.05, 0.1) is 5.69 Å². The second-order valence-corrected chi connectivity index (χ2v) is 19.4. The minimum absolute atomic E-state index is 0.00973. The molecule has 2 aromatic heterocycles. The molecular formula is C62H52N2O2. The molecule has 0 spiro atoms. The normalized spacial score (nSPS) is 12.1. The highest BCUT2D eigenvalue weighted by Gasteiger charge is 2.26. The largest absolute Gasteiger partial charge is 0.456 e. The standard InChI is InChI=1S/C62H52N2O2/c1-61(2,3)45-25-33-48(34-26-45)63(47-29-21-43(22-30-47)41-15-9-7-10-16-41)51-37-38-53-56(39-51)65-57-40-54(60-59(58(53)57)52-19-13-14-20-55(52)66-60)64(50-35-27-46(28-36-50)62(4,5)6)49-31-23-44(24-32-49)42-17-11-8-12-18-42/h7-40H,1-6H3. The van der Waals surface area contributed by atoms with E-state index in [2.05, 4.69) is 252 Å². The van der Waals surface area contributed by atoms with Crippen LogP contribution in [0.4, 0.5) is 34.1 Å². The van der Waals surface area contributed by atoms with Crippen LogP contribution >= 0.6 is 0 Å². The number of anilines is 6. The molecule has 322 valence electrons. The zero-order valence-corrected chi connectivity index (χ0v) is 38.3. The van der Waals surface area contributed by atoms with Crippen LogP contribution < -0.4 is 9.80 Å². The molecule has 0 unspecified atom stereocenters. The van der Waals surface area contributed by atoms with Crippen LogP contribution in [0.25, 0.3) is 66.1 Å². The zero-order valence-electron chi connectivity index (χ0n) is 38.3. The highest BCUT2D eigenvalue weighted by molar-refractivity contribution is 6.28. The fourth-order valence-corrected chi connectivity index (χ4v) is 9.40. The fraction of sp³-hybridized carbons (Fsp3) is 0.129. The lowest BCUT2D eigenvalue weighted by Gasteiger charge is -2.27. The van der Waals surface area contributed by atoms with Crippen molar-refractivity contribution in [3.05, 3.63) is 217 Å². The SMILES string of the molecule is CC(C)(C)c1ccc(N(c2ccc(-c3ccccc3)cc2)c2ccc3c(c2)oc2cc(N(c4ccc(-c5ccccc5)cc4)c4ccc(C(C)(C)C)cc4)c4oc5ccccc5c4c23)cc1.